The fraction of sp³-hybridized carbons (Fsp3) is 0.800. The monoisotopic (exact) mass is 444 g/mol. The highest BCUT2D eigenvalue weighted by molar-refractivity contribution is 5.59. The summed E-state index contributed by atoms with van der Waals surface area (Å²) in [6.45, 7) is 14.1. The highest BCUT2D eigenvalue weighted by Crippen LogP contribution is 2.25. The van der Waals surface area contributed by atoms with E-state index in [0.29, 0.717) is 0 Å². The van der Waals surface area contributed by atoms with Crippen molar-refractivity contribution in [1.29, 1.82) is 0 Å². The summed E-state index contributed by atoms with van der Waals surface area (Å²) < 4.78 is 0. The van der Waals surface area contributed by atoms with Crippen LogP contribution >= 0.6 is 0 Å². The lowest BCUT2D eigenvalue weighted by Gasteiger charge is -2.29. The molecule has 0 N–H and O–H groups in total. The van der Waals surface area contributed by atoms with E-state index < -0.39 is 0 Å². The Kier molecular flexibility index (Phi) is 18.4. The SMILES string of the molecule is CCCCCCN(CCCCCC)c1cccc(N(CCCCCC)CCCCCC)c1. The molecule has 0 aliphatic carbocycles. The smallest absolute Gasteiger partial charge is 0.0386 e. The molecular formula is C30H56N2. The van der Waals surface area contributed by atoms with Crippen molar-refractivity contribution in [1.82, 2.24) is 0 Å². The topological polar surface area (TPSA) is 6.48 Å². The lowest BCUT2D eigenvalue weighted by Crippen LogP contribution is -2.28. The molecule has 0 bridgehead atoms. The molecule has 0 saturated carbocycles. The Balaban J connectivity index is 2.84. The molecule has 1 rings (SSSR count). The third-order valence-electron chi connectivity index (χ3n) is 6.69. The van der Waals surface area contributed by atoms with Gasteiger partial charge in [0.1, 0.15) is 0 Å². The molecule has 2 heteroatoms. The molecule has 0 saturated heterocycles. The fourth-order valence-corrected chi connectivity index (χ4v) is 4.54. The average Bonchev–Trinajstić information content (AvgIpc) is 2.82. The van der Waals surface area contributed by atoms with Gasteiger partial charge in [-0.1, -0.05) is 111 Å². The number of hydrogen-bond donors (Lipinski definition) is 0. The summed E-state index contributed by atoms with van der Waals surface area (Å²) in [4.78, 5) is 5.36. The molecule has 0 atom stereocenters. The summed E-state index contributed by atoms with van der Waals surface area (Å²) in [6.07, 6.45) is 21.5. The Morgan fingerprint density at radius 1 is 0.438 bits per heavy atom. The second-order valence-corrected chi connectivity index (χ2v) is 9.74. The molecule has 0 heterocycles. The van der Waals surface area contributed by atoms with Crippen molar-refractivity contribution >= 4 is 11.4 Å². The second kappa shape index (κ2) is 20.4. The molecule has 0 amide bonds. The fourth-order valence-electron chi connectivity index (χ4n) is 4.54. The van der Waals surface area contributed by atoms with Crippen LogP contribution in [-0.2, 0) is 0 Å². The summed E-state index contributed by atoms with van der Waals surface area (Å²) in [5, 5.41) is 0. The summed E-state index contributed by atoms with van der Waals surface area (Å²) in [6, 6.07) is 9.52. The molecule has 0 spiro atoms. The first-order valence-electron chi connectivity index (χ1n) is 14.4. The van der Waals surface area contributed by atoms with E-state index in [-0.39, 0.29) is 0 Å². The number of rotatable bonds is 22. The van der Waals surface area contributed by atoms with Crippen LogP contribution in [0.2, 0.25) is 0 Å². The van der Waals surface area contributed by atoms with Crippen LogP contribution < -0.4 is 9.80 Å². The Morgan fingerprint density at radius 2 is 0.750 bits per heavy atom. The van der Waals surface area contributed by atoms with Crippen molar-refractivity contribution in [2.75, 3.05) is 36.0 Å². The molecule has 186 valence electrons. The van der Waals surface area contributed by atoms with Crippen LogP contribution in [0.1, 0.15) is 130 Å². The van der Waals surface area contributed by atoms with Crippen molar-refractivity contribution in [3.8, 4) is 0 Å². The number of hydrogen-bond acceptors (Lipinski definition) is 2. The first-order chi connectivity index (χ1) is 15.8. The number of nitrogens with zero attached hydrogens (tertiary/aromatic N) is 2. The van der Waals surface area contributed by atoms with Gasteiger partial charge < -0.3 is 9.80 Å². The van der Waals surface area contributed by atoms with Gasteiger partial charge in [0.2, 0.25) is 0 Å². The van der Waals surface area contributed by atoms with E-state index in [0.717, 1.165) is 0 Å². The predicted octanol–water partition coefficient (Wildman–Crippen LogP) is 9.62. The van der Waals surface area contributed by atoms with Crippen molar-refractivity contribution in [2.24, 2.45) is 0 Å². The van der Waals surface area contributed by atoms with Gasteiger partial charge in [0.05, 0.1) is 0 Å². The first kappa shape index (κ1) is 28.9. The third kappa shape index (κ3) is 13.4. The van der Waals surface area contributed by atoms with Crippen LogP contribution in [0, 0.1) is 0 Å². The Hall–Kier alpha value is -1.18. The molecule has 1 aromatic rings. The third-order valence-corrected chi connectivity index (χ3v) is 6.69. The molecule has 0 unspecified atom stereocenters. The van der Waals surface area contributed by atoms with Crippen LogP contribution in [0.15, 0.2) is 24.3 Å². The van der Waals surface area contributed by atoms with Gasteiger partial charge in [-0.3, -0.25) is 0 Å². The van der Waals surface area contributed by atoms with E-state index in [9.17, 15) is 0 Å². The number of unbranched alkanes of at least 4 members (excludes halogenated alkanes) is 12. The van der Waals surface area contributed by atoms with E-state index in [1.807, 2.05) is 0 Å². The summed E-state index contributed by atoms with van der Waals surface area (Å²) in [5.74, 6) is 0. The minimum Gasteiger partial charge on any atom is -0.371 e. The van der Waals surface area contributed by atoms with E-state index in [2.05, 4.69) is 61.8 Å². The predicted molar refractivity (Wildman–Crippen MR) is 147 cm³/mol. The van der Waals surface area contributed by atoms with Crippen molar-refractivity contribution in [3.63, 3.8) is 0 Å². The molecule has 0 radical (unpaired) electrons. The van der Waals surface area contributed by atoms with Crippen molar-refractivity contribution in [3.05, 3.63) is 24.3 Å². The minimum absolute atomic E-state index is 1.21. The number of anilines is 2. The van der Waals surface area contributed by atoms with Gasteiger partial charge in [0.15, 0.2) is 0 Å². The van der Waals surface area contributed by atoms with Crippen LogP contribution in [0.5, 0.6) is 0 Å². The maximum atomic E-state index is 2.68. The maximum absolute atomic E-state index is 2.68. The number of benzene rings is 1. The van der Waals surface area contributed by atoms with Gasteiger partial charge >= 0.3 is 0 Å². The highest BCUT2D eigenvalue weighted by atomic mass is 15.1. The lowest BCUT2D eigenvalue weighted by molar-refractivity contribution is 0.605. The molecular weight excluding hydrogens is 388 g/mol. The standard InChI is InChI=1S/C30H56N2/c1-5-9-13-17-24-31(25-18-14-10-6-2)29-22-21-23-30(28-29)32(26-19-15-11-7-3)27-20-16-12-8-4/h21-23,28H,5-20,24-27H2,1-4H3. The molecule has 1 aromatic carbocycles. The normalized spacial score (nSPS) is 11.1. The van der Waals surface area contributed by atoms with Gasteiger partial charge in [0, 0.05) is 37.6 Å². The van der Waals surface area contributed by atoms with Gasteiger partial charge in [-0.15, -0.1) is 0 Å². The van der Waals surface area contributed by atoms with Crippen molar-refractivity contribution < 1.29 is 0 Å². The van der Waals surface area contributed by atoms with Crippen LogP contribution in [-0.4, -0.2) is 26.2 Å². The quantitative estimate of drug-likeness (QED) is 0.164. The maximum Gasteiger partial charge on any atom is 0.0386 e. The van der Waals surface area contributed by atoms with Gasteiger partial charge in [0.25, 0.3) is 0 Å². The summed E-state index contributed by atoms with van der Waals surface area (Å²) in [7, 11) is 0. The average molecular weight is 445 g/mol. The zero-order valence-electron chi connectivity index (χ0n) is 22.3. The molecule has 0 aromatic heterocycles. The molecule has 2 nitrogen and oxygen atoms in total. The lowest BCUT2D eigenvalue weighted by atomic mass is 10.1. The molecule has 0 fully saturated rings. The van der Waals surface area contributed by atoms with E-state index in [4.69, 9.17) is 0 Å². The second-order valence-electron chi connectivity index (χ2n) is 9.74. The molecule has 0 aliphatic heterocycles. The van der Waals surface area contributed by atoms with Gasteiger partial charge in [-0.25, -0.2) is 0 Å². The van der Waals surface area contributed by atoms with E-state index in [1.54, 1.807) is 0 Å². The van der Waals surface area contributed by atoms with Gasteiger partial charge in [-0.2, -0.15) is 0 Å². The van der Waals surface area contributed by atoms with Crippen LogP contribution in [0.4, 0.5) is 11.4 Å². The Morgan fingerprint density at radius 3 is 1.03 bits per heavy atom. The van der Waals surface area contributed by atoms with E-state index >= 15 is 0 Å². The first-order valence-corrected chi connectivity index (χ1v) is 14.4. The minimum atomic E-state index is 1.21. The Labute approximate surface area is 202 Å². The van der Waals surface area contributed by atoms with Crippen LogP contribution in [0.3, 0.4) is 0 Å². The summed E-state index contributed by atoms with van der Waals surface area (Å²) in [5.41, 5.74) is 2.89. The van der Waals surface area contributed by atoms with E-state index in [1.165, 1.54) is 140 Å². The van der Waals surface area contributed by atoms with Crippen molar-refractivity contribution in [2.45, 2.75) is 130 Å². The zero-order chi connectivity index (χ0) is 23.3. The highest BCUT2D eigenvalue weighted by Gasteiger charge is 2.11. The van der Waals surface area contributed by atoms with Crippen LogP contribution in [0.25, 0.3) is 0 Å². The molecule has 32 heavy (non-hydrogen) atoms. The summed E-state index contributed by atoms with van der Waals surface area (Å²) >= 11 is 0. The Bertz CT molecular complexity index is 460. The largest absolute Gasteiger partial charge is 0.371 e. The van der Waals surface area contributed by atoms with Gasteiger partial charge in [-0.05, 0) is 43.9 Å². The molecule has 0 aliphatic rings. The zero-order valence-corrected chi connectivity index (χ0v) is 22.3.